The van der Waals surface area contributed by atoms with Gasteiger partial charge < -0.3 is 0 Å². The predicted molar refractivity (Wildman–Crippen MR) is 70.2 cm³/mol. The number of nitrogens with zero attached hydrogens (tertiary/aromatic N) is 4. The molecule has 0 spiro atoms. The highest BCUT2D eigenvalue weighted by molar-refractivity contribution is 9.10. The van der Waals surface area contributed by atoms with Crippen LogP contribution in [0.15, 0.2) is 28.7 Å². The predicted octanol–water partition coefficient (Wildman–Crippen LogP) is 2.10. The van der Waals surface area contributed by atoms with Crippen molar-refractivity contribution in [1.82, 2.24) is 20.2 Å². The van der Waals surface area contributed by atoms with Crippen LogP contribution in [-0.4, -0.2) is 26.1 Å². The fourth-order valence-corrected chi connectivity index (χ4v) is 1.86. The average Bonchev–Trinajstić information content (AvgIpc) is 2.77. The van der Waals surface area contributed by atoms with Crippen LogP contribution in [0.25, 0.3) is 0 Å². The van der Waals surface area contributed by atoms with E-state index >= 15 is 0 Å². The van der Waals surface area contributed by atoms with Gasteiger partial charge in [-0.1, -0.05) is 34.0 Å². The molecule has 2 aromatic rings. The lowest BCUT2D eigenvalue weighted by Gasteiger charge is -2.05. The van der Waals surface area contributed by atoms with Crippen LogP contribution in [0, 0.1) is 0 Å². The first-order valence-electron chi connectivity index (χ1n) is 5.54. The van der Waals surface area contributed by atoms with E-state index in [9.17, 15) is 4.79 Å². The van der Waals surface area contributed by atoms with Crippen LogP contribution in [-0.2, 0) is 6.54 Å². The van der Waals surface area contributed by atoms with Crippen LogP contribution in [0.3, 0.4) is 0 Å². The molecule has 2 rings (SSSR count). The van der Waals surface area contributed by atoms with Crippen molar-refractivity contribution in [2.45, 2.75) is 19.9 Å². The average molecular weight is 310 g/mol. The van der Waals surface area contributed by atoms with Crippen LogP contribution in [0.5, 0.6) is 0 Å². The highest BCUT2D eigenvalue weighted by Crippen LogP contribution is 2.13. The van der Waals surface area contributed by atoms with E-state index in [1.54, 1.807) is 22.9 Å². The van der Waals surface area contributed by atoms with Gasteiger partial charge in [0.2, 0.25) is 5.95 Å². The Morgan fingerprint density at radius 3 is 3.06 bits per heavy atom. The number of aryl methyl sites for hydroxylation is 1. The van der Waals surface area contributed by atoms with Crippen LogP contribution in [0.4, 0.5) is 5.95 Å². The summed E-state index contributed by atoms with van der Waals surface area (Å²) in [6, 6.07) is 7.13. The topological polar surface area (TPSA) is 72.7 Å². The molecule has 7 heteroatoms. The number of hydrogen-bond acceptors (Lipinski definition) is 4. The Morgan fingerprint density at radius 1 is 1.50 bits per heavy atom. The van der Waals surface area contributed by atoms with E-state index in [4.69, 9.17) is 0 Å². The van der Waals surface area contributed by atoms with Crippen molar-refractivity contribution in [3.63, 3.8) is 0 Å². The van der Waals surface area contributed by atoms with Gasteiger partial charge >= 0.3 is 0 Å². The number of nitrogens with one attached hydrogen (secondary N) is 1. The van der Waals surface area contributed by atoms with Crippen LogP contribution < -0.4 is 5.32 Å². The number of benzene rings is 1. The monoisotopic (exact) mass is 309 g/mol. The maximum atomic E-state index is 12.0. The summed E-state index contributed by atoms with van der Waals surface area (Å²) in [5, 5.41) is 13.8. The third-order valence-electron chi connectivity index (χ3n) is 2.28. The minimum absolute atomic E-state index is 0.233. The quantitative estimate of drug-likeness (QED) is 0.938. The van der Waals surface area contributed by atoms with Gasteiger partial charge in [-0.15, -0.1) is 0 Å². The second-order valence-electron chi connectivity index (χ2n) is 3.69. The Balaban J connectivity index is 2.14. The molecule has 0 fully saturated rings. The summed E-state index contributed by atoms with van der Waals surface area (Å²) >= 11 is 3.32. The van der Waals surface area contributed by atoms with Gasteiger partial charge in [-0.05, 0) is 35.0 Å². The van der Waals surface area contributed by atoms with Crippen molar-refractivity contribution in [3.8, 4) is 0 Å². The van der Waals surface area contributed by atoms with E-state index < -0.39 is 0 Å². The smallest absolute Gasteiger partial charge is 0.258 e. The first kappa shape index (κ1) is 12.7. The maximum absolute atomic E-state index is 12.0. The molecule has 18 heavy (non-hydrogen) atoms. The standard InChI is InChI=1S/C11H12BrN5O/c1-2-6-17-11(14-15-16-17)13-10(18)8-4-3-5-9(12)7-8/h3-5,7H,2,6H2,1H3,(H,13,14,16,18). The Kier molecular flexibility index (Phi) is 4.03. The number of halogens is 1. The fourth-order valence-electron chi connectivity index (χ4n) is 1.46. The minimum Gasteiger partial charge on any atom is -0.289 e. The van der Waals surface area contributed by atoms with E-state index in [0.29, 0.717) is 18.1 Å². The summed E-state index contributed by atoms with van der Waals surface area (Å²) in [6.45, 7) is 2.68. The summed E-state index contributed by atoms with van der Waals surface area (Å²) in [4.78, 5) is 12.0. The van der Waals surface area contributed by atoms with Crippen molar-refractivity contribution in [2.24, 2.45) is 0 Å². The molecule has 94 valence electrons. The lowest BCUT2D eigenvalue weighted by Crippen LogP contribution is -2.16. The second kappa shape index (κ2) is 5.72. The molecular formula is C11H12BrN5O. The molecule has 0 aliphatic carbocycles. The molecule has 0 saturated heterocycles. The van der Waals surface area contributed by atoms with Crippen LogP contribution in [0.1, 0.15) is 23.7 Å². The summed E-state index contributed by atoms with van der Waals surface area (Å²) in [6.07, 6.45) is 0.894. The van der Waals surface area contributed by atoms with Crippen LogP contribution in [0.2, 0.25) is 0 Å². The van der Waals surface area contributed by atoms with Gasteiger partial charge in [-0.2, -0.15) is 0 Å². The lowest BCUT2D eigenvalue weighted by atomic mass is 10.2. The Morgan fingerprint density at radius 2 is 2.33 bits per heavy atom. The van der Waals surface area contributed by atoms with Gasteiger partial charge in [-0.3, -0.25) is 10.1 Å². The number of carbonyl (C=O) groups is 1. The summed E-state index contributed by atoms with van der Waals surface area (Å²) < 4.78 is 2.42. The van der Waals surface area contributed by atoms with Crippen molar-refractivity contribution in [1.29, 1.82) is 0 Å². The van der Waals surface area contributed by atoms with Crippen molar-refractivity contribution in [2.75, 3.05) is 5.32 Å². The lowest BCUT2D eigenvalue weighted by molar-refractivity contribution is 0.102. The summed E-state index contributed by atoms with van der Waals surface area (Å²) in [5.41, 5.74) is 0.551. The fraction of sp³-hybridized carbons (Fsp3) is 0.273. The van der Waals surface area contributed by atoms with E-state index in [1.807, 2.05) is 13.0 Å². The minimum atomic E-state index is -0.233. The molecule has 1 aromatic carbocycles. The number of tetrazole rings is 1. The molecule has 1 aromatic heterocycles. The zero-order valence-electron chi connectivity index (χ0n) is 9.80. The SMILES string of the molecule is CCCn1nnnc1NC(=O)c1cccc(Br)c1. The number of hydrogen-bond donors (Lipinski definition) is 1. The highest BCUT2D eigenvalue weighted by atomic mass is 79.9. The van der Waals surface area contributed by atoms with E-state index in [0.717, 1.165) is 10.9 Å². The molecule has 0 saturated carbocycles. The van der Waals surface area contributed by atoms with Crippen molar-refractivity contribution in [3.05, 3.63) is 34.3 Å². The molecule has 6 nitrogen and oxygen atoms in total. The summed E-state index contributed by atoms with van der Waals surface area (Å²) in [7, 11) is 0. The summed E-state index contributed by atoms with van der Waals surface area (Å²) in [5.74, 6) is 0.130. The number of amides is 1. The zero-order valence-corrected chi connectivity index (χ0v) is 11.4. The first-order chi connectivity index (χ1) is 8.70. The van der Waals surface area contributed by atoms with Gasteiger partial charge in [-0.25, -0.2) is 4.68 Å². The van der Waals surface area contributed by atoms with E-state index in [2.05, 4.69) is 36.8 Å². The van der Waals surface area contributed by atoms with E-state index in [1.165, 1.54) is 0 Å². The Bertz CT molecular complexity index is 554. The largest absolute Gasteiger partial charge is 0.289 e. The molecule has 0 bridgehead atoms. The Hall–Kier alpha value is -1.76. The van der Waals surface area contributed by atoms with Crippen molar-refractivity contribution < 1.29 is 4.79 Å². The molecule has 1 heterocycles. The molecule has 0 radical (unpaired) electrons. The molecule has 0 atom stereocenters. The van der Waals surface area contributed by atoms with Crippen LogP contribution >= 0.6 is 15.9 Å². The molecule has 0 aliphatic rings. The molecule has 1 N–H and O–H groups in total. The van der Waals surface area contributed by atoms with Crippen molar-refractivity contribution >= 4 is 27.8 Å². The molecule has 0 unspecified atom stereocenters. The number of carbonyl (C=O) groups excluding carboxylic acids is 1. The van der Waals surface area contributed by atoms with Gasteiger partial charge in [0.15, 0.2) is 0 Å². The maximum Gasteiger partial charge on any atom is 0.258 e. The van der Waals surface area contributed by atoms with Gasteiger partial charge in [0.25, 0.3) is 5.91 Å². The first-order valence-corrected chi connectivity index (χ1v) is 6.33. The number of anilines is 1. The molecule has 0 aliphatic heterocycles. The highest BCUT2D eigenvalue weighted by Gasteiger charge is 2.11. The van der Waals surface area contributed by atoms with E-state index in [-0.39, 0.29) is 5.91 Å². The normalized spacial score (nSPS) is 10.3. The second-order valence-corrected chi connectivity index (χ2v) is 4.61. The molecule has 1 amide bonds. The Labute approximate surface area is 113 Å². The van der Waals surface area contributed by atoms with Gasteiger partial charge in [0.05, 0.1) is 0 Å². The third kappa shape index (κ3) is 2.92. The van der Waals surface area contributed by atoms with Gasteiger partial charge in [0.1, 0.15) is 0 Å². The van der Waals surface area contributed by atoms with Gasteiger partial charge in [0, 0.05) is 16.6 Å². The zero-order chi connectivity index (χ0) is 13.0. The number of aromatic nitrogens is 4. The number of rotatable bonds is 4. The third-order valence-corrected chi connectivity index (χ3v) is 2.77. The molecular weight excluding hydrogens is 298 g/mol.